The molecule has 94 valence electrons. The van der Waals surface area contributed by atoms with Crippen LogP contribution in [0.3, 0.4) is 0 Å². The monoisotopic (exact) mass is 232 g/mol. The topological polar surface area (TPSA) is 17.1 Å². The highest BCUT2D eigenvalue weighted by atomic mass is 16.1. The summed E-state index contributed by atoms with van der Waals surface area (Å²) in [6, 6.07) is 10.4. The van der Waals surface area contributed by atoms with Crippen LogP contribution in [0.15, 0.2) is 30.3 Å². The fourth-order valence-electron chi connectivity index (χ4n) is 2.41. The zero-order valence-electron chi connectivity index (χ0n) is 11.3. The van der Waals surface area contributed by atoms with E-state index in [9.17, 15) is 4.79 Å². The van der Waals surface area contributed by atoms with Crippen molar-refractivity contribution in [1.29, 1.82) is 0 Å². The second-order valence-electron chi connectivity index (χ2n) is 4.91. The maximum absolute atomic E-state index is 11.8. The second-order valence-corrected chi connectivity index (χ2v) is 4.91. The van der Waals surface area contributed by atoms with Crippen LogP contribution >= 0.6 is 0 Å². The lowest BCUT2D eigenvalue weighted by Crippen LogP contribution is -2.18. The molecule has 17 heavy (non-hydrogen) atoms. The van der Waals surface area contributed by atoms with Crippen molar-refractivity contribution < 1.29 is 4.79 Å². The Morgan fingerprint density at radius 2 is 1.82 bits per heavy atom. The molecule has 2 atom stereocenters. The molecule has 0 saturated heterocycles. The quantitative estimate of drug-likeness (QED) is 0.629. The fourth-order valence-corrected chi connectivity index (χ4v) is 2.41. The third-order valence-electron chi connectivity index (χ3n) is 3.57. The summed E-state index contributed by atoms with van der Waals surface area (Å²) in [6.45, 7) is 6.10. The van der Waals surface area contributed by atoms with Crippen molar-refractivity contribution in [2.45, 2.75) is 52.4 Å². The molecule has 0 saturated carbocycles. The van der Waals surface area contributed by atoms with Crippen LogP contribution in [0.1, 0.15) is 57.9 Å². The van der Waals surface area contributed by atoms with Gasteiger partial charge in [0.05, 0.1) is 0 Å². The summed E-state index contributed by atoms with van der Waals surface area (Å²) in [5.41, 5.74) is 1.28. The van der Waals surface area contributed by atoms with Gasteiger partial charge in [-0.05, 0) is 24.8 Å². The maximum atomic E-state index is 11.8. The van der Waals surface area contributed by atoms with E-state index < -0.39 is 0 Å². The number of carbonyl (C=O) groups excluding carboxylic acids is 1. The summed E-state index contributed by atoms with van der Waals surface area (Å²) in [6.07, 6.45) is 4.63. The maximum Gasteiger partial charge on any atom is 0.133 e. The number of carbonyl (C=O) groups is 1. The van der Waals surface area contributed by atoms with Crippen molar-refractivity contribution in [2.75, 3.05) is 0 Å². The smallest absolute Gasteiger partial charge is 0.133 e. The highest BCUT2D eigenvalue weighted by Crippen LogP contribution is 2.29. The van der Waals surface area contributed by atoms with Gasteiger partial charge in [-0.25, -0.2) is 0 Å². The van der Waals surface area contributed by atoms with Crippen LogP contribution < -0.4 is 0 Å². The first-order valence-corrected chi connectivity index (χ1v) is 6.72. The molecule has 0 radical (unpaired) electrons. The molecule has 0 heterocycles. The number of unbranched alkanes of at least 4 members (excludes halogenated alkanes) is 2. The predicted molar refractivity (Wildman–Crippen MR) is 73.2 cm³/mol. The molecule has 0 aliphatic carbocycles. The summed E-state index contributed by atoms with van der Waals surface area (Å²) in [7, 11) is 0. The van der Waals surface area contributed by atoms with Crippen molar-refractivity contribution >= 4 is 5.78 Å². The van der Waals surface area contributed by atoms with E-state index in [0.29, 0.717) is 11.7 Å². The van der Waals surface area contributed by atoms with Crippen LogP contribution in [-0.4, -0.2) is 5.78 Å². The highest BCUT2D eigenvalue weighted by Gasteiger charge is 2.22. The first kappa shape index (κ1) is 14.0. The Bertz CT molecular complexity index is 329. The van der Waals surface area contributed by atoms with E-state index in [1.165, 1.54) is 18.4 Å². The van der Waals surface area contributed by atoms with E-state index in [2.05, 4.69) is 38.1 Å². The number of hydrogen-bond acceptors (Lipinski definition) is 1. The summed E-state index contributed by atoms with van der Waals surface area (Å²) in [5, 5.41) is 0. The van der Waals surface area contributed by atoms with Crippen molar-refractivity contribution in [1.82, 2.24) is 0 Å². The molecule has 1 rings (SSSR count). The minimum Gasteiger partial charge on any atom is -0.300 e. The molecule has 1 nitrogen and oxygen atoms in total. The van der Waals surface area contributed by atoms with Gasteiger partial charge in [-0.3, -0.25) is 4.79 Å². The number of benzene rings is 1. The summed E-state index contributed by atoms with van der Waals surface area (Å²) in [4.78, 5) is 11.8. The lowest BCUT2D eigenvalue weighted by Gasteiger charge is -2.22. The van der Waals surface area contributed by atoms with Gasteiger partial charge in [0.15, 0.2) is 0 Å². The second kappa shape index (κ2) is 7.26. The third-order valence-corrected chi connectivity index (χ3v) is 3.57. The van der Waals surface area contributed by atoms with E-state index in [1.54, 1.807) is 6.92 Å². The van der Waals surface area contributed by atoms with Gasteiger partial charge in [0, 0.05) is 5.92 Å². The largest absolute Gasteiger partial charge is 0.300 e. The number of rotatable bonds is 7. The van der Waals surface area contributed by atoms with Crippen molar-refractivity contribution in [2.24, 2.45) is 5.92 Å². The Balaban J connectivity index is 2.67. The first-order chi connectivity index (χ1) is 8.16. The molecule has 0 aliphatic rings. The van der Waals surface area contributed by atoms with E-state index in [-0.39, 0.29) is 5.92 Å². The van der Waals surface area contributed by atoms with E-state index in [0.717, 1.165) is 12.8 Å². The molecular weight excluding hydrogens is 208 g/mol. The van der Waals surface area contributed by atoms with Gasteiger partial charge in [-0.15, -0.1) is 0 Å². The van der Waals surface area contributed by atoms with Crippen LogP contribution in [0.4, 0.5) is 0 Å². The zero-order valence-corrected chi connectivity index (χ0v) is 11.3. The molecule has 1 aromatic rings. The van der Waals surface area contributed by atoms with Crippen LogP contribution in [0.5, 0.6) is 0 Å². The predicted octanol–water partition coefficient (Wildman–Crippen LogP) is 4.58. The Labute approximate surface area is 105 Å². The molecule has 0 spiro atoms. The standard InChI is InChI=1S/C16H24O/c1-4-5-7-12-16(14(3)17)13(2)15-10-8-6-9-11-15/h6,8-11,13,16H,4-5,7,12H2,1-3H3. The van der Waals surface area contributed by atoms with Gasteiger partial charge >= 0.3 is 0 Å². The van der Waals surface area contributed by atoms with Gasteiger partial charge in [-0.1, -0.05) is 63.4 Å². The third kappa shape index (κ3) is 4.33. The molecule has 1 aromatic carbocycles. The van der Waals surface area contributed by atoms with E-state index in [4.69, 9.17) is 0 Å². The Kier molecular flexibility index (Phi) is 5.96. The van der Waals surface area contributed by atoms with Gasteiger partial charge in [-0.2, -0.15) is 0 Å². The first-order valence-electron chi connectivity index (χ1n) is 6.72. The van der Waals surface area contributed by atoms with Crippen molar-refractivity contribution in [3.05, 3.63) is 35.9 Å². The van der Waals surface area contributed by atoms with Crippen LogP contribution in [0.2, 0.25) is 0 Å². The van der Waals surface area contributed by atoms with Gasteiger partial charge in [0.25, 0.3) is 0 Å². The average Bonchev–Trinajstić information content (AvgIpc) is 2.34. The van der Waals surface area contributed by atoms with Crippen LogP contribution in [0.25, 0.3) is 0 Å². The molecule has 0 aromatic heterocycles. The van der Waals surface area contributed by atoms with Gasteiger partial charge < -0.3 is 0 Å². The minimum atomic E-state index is 0.184. The Hall–Kier alpha value is -1.11. The Morgan fingerprint density at radius 3 is 2.35 bits per heavy atom. The van der Waals surface area contributed by atoms with Gasteiger partial charge in [0.1, 0.15) is 5.78 Å². The van der Waals surface area contributed by atoms with E-state index in [1.807, 2.05) is 6.07 Å². The molecule has 1 heteroatoms. The lowest BCUT2D eigenvalue weighted by atomic mass is 9.82. The van der Waals surface area contributed by atoms with E-state index >= 15 is 0 Å². The van der Waals surface area contributed by atoms with Crippen molar-refractivity contribution in [3.63, 3.8) is 0 Å². The molecule has 2 unspecified atom stereocenters. The van der Waals surface area contributed by atoms with Crippen LogP contribution in [-0.2, 0) is 4.79 Å². The lowest BCUT2D eigenvalue weighted by molar-refractivity contribution is -0.121. The fraction of sp³-hybridized carbons (Fsp3) is 0.562. The summed E-state index contributed by atoms with van der Waals surface area (Å²) >= 11 is 0. The number of ketones is 1. The molecular formula is C16H24O. The number of Topliss-reactive ketones (excluding diaryl/α,β-unsaturated/α-hetero) is 1. The normalized spacial score (nSPS) is 14.3. The summed E-state index contributed by atoms with van der Waals surface area (Å²) < 4.78 is 0. The molecule has 0 fully saturated rings. The minimum absolute atomic E-state index is 0.184. The highest BCUT2D eigenvalue weighted by molar-refractivity contribution is 5.79. The van der Waals surface area contributed by atoms with Gasteiger partial charge in [0.2, 0.25) is 0 Å². The molecule has 0 amide bonds. The number of hydrogen-bond donors (Lipinski definition) is 0. The average molecular weight is 232 g/mol. The van der Waals surface area contributed by atoms with Crippen molar-refractivity contribution in [3.8, 4) is 0 Å². The molecule has 0 aliphatic heterocycles. The SMILES string of the molecule is CCCCCC(C(C)=O)C(C)c1ccccc1. The van der Waals surface area contributed by atoms with Crippen LogP contribution in [0, 0.1) is 5.92 Å². The zero-order chi connectivity index (χ0) is 12.7. The molecule has 0 bridgehead atoms. The molecule has 0 N–H and O–H groups in total. The summed E-state index contributed by atoms with van der Waals surface area (Å²) in [5.74, 6) is 0.854. The Morgan fingerprint density at radius 1 is 1.18 bits per heavy atom.